The minimum atomic E-state index is -0.233. The third-order valence-corrected chi connectivity index (χ3v) is 5.77. The lowest BCUT2D eigenvalue weighted by molar-refractivity contribution is 0.0719. The number of hydrogen-bond donors (Lipinski definition) is 1. The van der Waals surface area contributed by atoms with Crippen molar-refractivity contribution >= 4 is 0 Å². The molecule has 1 fully saturated rings. The second-order valence-corrected chi connectivity index (χ2v) is 7.25. The molecule has 116 valence electrons. The maximum atomic E-state index is 10.7. The van der Waals surface area contributed by atoms with E-state index in [2.05, 4.69) is 25.1 Å². The Hall–Kier alpha value is -0.820. The number of aliphatic hydroxyl groups excluding tert-OH is 1. The molecule has 1 heteroatoms. The van der Waals surface area contributed by atoms with Gasteiger partial charge in [-0.05, 0) is 60.6 Å². The van der Waals surface area contributed by atoms with Crippen LogP contribution >= 0.6 is 0 Å². The van der Waals surface area contributed by atoms with E-state index in [9.17, 15) is 5.11 Å². The molecule has 1 nitrogen and oxygen atoms in total. The third kappa shape index (κ3) is 3.51. The zero-order valence-corrected chi connectivity index (χ0v) is 13.5. The molecule has 1 N–H and O–H groups in total. The Bertz CT molecular complexity index is 457. The van der Waals surface area contributed by atoms with Crippen molar-refractivity contribution in [2.24, 2.45) is 11.8 Å². The van der Waals surface area contributed by atoms with Gasteiger partial charge in [-0.1, -0.05) is 57.2 Å². The first kappa shape index (κ1) is 15.1. The molecule has 0 saturated heterocycles. The molecule has 1 aromatic rings. The van der Waals surface area contributed by atoms with E-state index in [1.54, 1.807) is 0 Å². The van der Waals surface area contributed by atoms with Gasteiger partial charge in [0.05, 0.1) is 6.10 Å². The molecule has 1 unspecified atom stereocenters. The molecule has 3 rings (SSSR count). The van der Waals surface area contributed by atoms with Crippen molar-refractivity contribution in [1.82, 2.24) is 0 Å². The standard InChI is InChI=1S/C20H30O/c1-2-3-5-15-8-10-17(11-9-15)20(21)19-13-12-16-6-4-7-18(16)14-19/h12-15,17,20-21H,2-11H2,1H3. The van der Waals surface area contributed by atoms with Crippen LogP contribution in [0, 0.1) is 11.8 Å². The molecule has 0 amide bonds. The topological polar surface area (TPSA) is 20.2 Å². The quantitative estimate of drug-likeness (QED) is 0.788. The normalized spacial score (nSPS) is 26.6. The highest BCUT2D eigenvalue weighted by Gasteiger charge is 2.27. The summed E-state index contributed by atoms with van der Waals surface area (Å²) in [7, 11) is 0. The maximum Gasteiger partial charge on any atom is 0.0818 e. The average Bonchev–Trinajstić information content (AvgIpc) is 3.00. The number of benzene rings is 1. The first-order valence-corrected chi connectivity index (χ1v) is 9.07. The predicted molar refractivity (Wildman–Crippen MR) is 88.4 cm³/mol. The Kier molecular flexibility index (Phi) is 5.00. The van der Waals surface area contributed by atoms with Crippen LogP contribution < -0.4 is 0 Å². The van der Waals surface area contributed by atoms with Crippen LogP contribution in [0.3, 0.4) is 0 Å². The molecule has 1 atom stereocenters. The number of hydrogen-bond acceptors (Lipinski definition) is 1. The van der Waals surface area contributed by atoms with Crippen LogP contribution in [0.1, 0.15) is 81.1 Å². The summed E-state index contributed by atoms with van der Waals surface area (Å²) in [4.78, 5) is 0. The summed E-state index contributed by atoms with van der Waals surface area (Å²) >= 11 is 0. The Morgan fingerprint density at radius 3 is 2.62 bits per heavy atom. The second-order valence-electron chi connectivity index (χ2n) is 7.25. The highest BCUT2D eigenvalue weighted by atomic mass is 16.3. The van der Waals surface area contributed by atoms with Gasteiger partial charge in [0, 0.05) is 0 Å². The van der Waals surface area contributed by atoms with Crippen molar-refractivity contribution in [2.75, 3.05) is 0 Å². The summed E-state index contributed by atoms with van der Waals surface area (Å²) in [5, 5.41) is 10.7. The molecule has 0 bridgehead atoms. The van der Waals surface area contributed by atoms with Gasteiger partial charge in [0.25, 0.3) is 0 Å². The van der Waals surface area contributed by atoms with Crippen LogP contribution in [0.15, 0.2) is 18.2 Å². The molecule has 2 aliphatic rings. The summed E-state index contributed by atoms with van der Waals surface area (Å²) in [5.74, 6) is 1.41. The van der Waals surface area contributed by atoms with Gasteiger partial charge < -0.3 is 5.11 Å². The molecule has 0 spiro atoms. The van der Waals surface area contributed by atoms with Gasteiger partial charge in [0.15, 0.2) is 0 Å². The lowest BCUT2D eigenvalue weighted by Gasteiger charge is -2.32. The van der Waals surface area contributed by atoms with Gasteiger partial charge in [-0.15, -0.1) is 0 Å². The van der Waals surface area contributed by atoms with Gasteiger partial charge in [0.2, 0.25) is 0 Å². The number of aliphatic hydroxyl groups is 1. The number of aryl methyl sites for hydroxylation is 2. The van der Waals surface area contributed by atoms with E-state index in [1.807, 2.05) is 0 Å². The third-order valence-electron chi connectivity index (χ3n) is 5.77. The van der Waals surface area contributed by atoms with E-state index in [-0.39, 0.29) is 6.10 Å². The van der Waals surface area contributed by atoms with Crippen molar-refractivity contribution in [3.8, 4) is 0 Å². The minimum absolute atomic E-state index is 0.233. The molecular formula is C20H30O. The first-order valence-electron chi connectivity index (χ1n) is 9.07. The van der Waals surface area contributed by atoms with E-state index >= 15 is 0 Å². The Morgan fingerprint density at radius 1 is 1.10 bits per heavy atom. The van der Waals surface area contributed by atoms with Gasteiger partial charge in [-0.25, -0.2) is 0 Å². The van der Waals surface area contributed by atoms with Gasteiger partial charge in [0.1, 0.15) is 0 Å². The van der Waals surface area contributed by atoms with Crippen molar-refractivity contribution < 1.29 is 5.11 Å². The number of fused-ring (bicyclic) bond motifs is 1. The van der Waals surface area contributed by atoms with Crippen LogP contribution in [-0.2, 0) is 12.8 Å². The van der Waals surface area contributed by atoms with E-state index in [1.165, 1.54) is 80.9 Å². The van der Waals surface area contributed by atoms with E-state index in [0.717, 1.165) is 5.92 Å². The fraction of sp³-hybridized carbons (Fsp3) is 0.700. The van der Waals surface area contributed by atoms with Crippen molar-refractivity contribution in [3.05, 3.63) is 34.9 Å². The molecule has 0 heterocycles. The molecule has 0 aromatic heterocycles. The fourth-order valence-corrected chi connectivity index (χ4v) is 4.33. The predicted octanol–water partition coefficient (Wildman–Crippen LogP) is 5.21. The van der Waals surface area contributed by atoms with Crippen LogP contribution in [-0.4, -0.2) is 5.11 Å². The molecule has 2 aliphatic carbocycles. The summed E-state index contributed by atoms with van der Waals surface area (Å²) in [5.41, 5.74) is 4.17. The Balaban J connectivity index is 1.57. The highest BCUT2D eigenvalue weighted by molar-refractivity contribution is 5.36. The highest BCUT2D eigenvalue weighted by Crippen LogP contribution is 2.39. The molecular weight excluding hydrogens is 256 g/mol. The van der Waals surface area contributed by atoms with Gasteiger partial charge in [-0.3, -0.25) is 0 Å². The monoisotopic (exact) mass is 286 g/mol. The molecule has 1 aromatic carbocycles. The Morgan fingerprint density at radius 2 is 1.86 bits per heavy atom. The molecule has 1 saturated carbocycles. The van der Waals surface area contributed by atoms with Gasteiger partial charge in [-0.2, -0.15) is 0 Å². The SMILES string of the molecule is CCCCC1CCC(C(O)c2ccc3c(c2)CCC3)CC1. The van der Waals surface area contributed by atoms with Crippen LogP contribution in [0.2, 0.25) is 0 Å². The average molecular weight is 286 g/mol. The zero-order chi connectivity index (χ0) is 14.7. The summed E-state index contributed by atoms with van der Waals surface area (Å²) < 4.78 is 0. The molecule has 0 aliphatic heterocycles. The summed E-state index contributed by atoms with van der Waals surface area (Å²) in [6.07, 6.45) is 12.7. The largest absolute Gasteiger partial charge is 0.388 e. The van der Waals surface area contributed by atoms with Gasteiger partial charge >= 0.3 is 0 Å². The van der Waals surface area contributed by atoms with Crippen molar-refractivity contribution in [2.45, 2.75) is 77.2 Å². The van der Waals surface area contributed by atoms with E-state index in [4.69, 9.17) is 0 Å². The maximum absolute atomic E-state index is 10.7. The summed E-state index contributed by atoms with van der Waals surface area (Å²) in [6.45, 7) is 2.28. The minimum Gasteiger partial charge on any atom is -0.388 e. The van der Waals surface area contributed by atoms with Crippen molar-refractivity contribution in [3.63, 3.8) is 0 Å². The number of rotatable bonds is 5. The van der Waals surface area contributed by atoms with Crippen LogP contribution in [0.25, 0.3) is 0 Å². The lowest BCUT2D eigenvalue weighted by Crippen LogP contribution is -2.20. The molecule has 21 heavy (non-hydrogen) atoms. The fourth-order valence-electron chi connectivity index (χ4n) is 4.33. The van der Waals surface area contributed by atoms with Crippen molar-refractivity contribution in [1.29, 1.82) is 0 Å². The van der Waals surface area contributed by atoms with E-state index in [0.29, 0.717) is 5.92 Å². The lowest BCUT2D eigenvalue weighted by atomic mass is 9.76. The van der Waals surface area contributed by atoms with Crippen LogP contribution in [0.5, 0.6) is 0 Å². The molecule has 0 radical (unpaired) electrons. The first-order chi connectivity index (χ1) is 10.3. The van der Waals surface area contributed by atoms with Crippen LogP contribution in [0.4, 0.5) is 0 Å². The summed E-state index contributed by atoms with van der Waals surface area (Å²) in [6, 6.07) is 6.72. The zero-order valence-electron chi connectivity index (χ0n) is 13.5. The van der Waals surface area contributed by atoms with E-state index < -0.39 is 0 Å². The Labute approximate surface area is 129 Å². The second kappa shape index (κ2) is 6.96. The smallest absolute Gasteiger partial charge is 0.0818 e. The number of unbranched alkanes of at least 4 members (excludes halogenated alkanes) is 1.